The Balaban J connectivity index is 1.55. The van der Waals surface area contributed by atoms with E-state index in [0.717, 1.165) is 27.8 Å². The van der Waals surface area contributed by atoms with Crippen molar-refractivity contribution in [2.75, 3.05) is 6.61 Å². The van der Waals surface area contributed by atoms with E-state index in [-0.39, 0.29) is 18.4 Å². The molecule has 0 amide bonds. The third kappa shape index (κ3) is 3.32. The summed E-state index contributed by atoms with van der Waals surface area (Å²) in [4.78, 5) is 9.02. The second-order valence-corrected chi connectivity index (χ2v) is 8.49. The van der Waals surface area contributed by atoms with Crippen LogP contribution in [0.3, 0.4) is 0 Å². The van der Waals surface area contributed by atoms with Crippen LogP contribution in [0.1, 0.15) is 23.6 Å². The van der Waals surface area contributed by atoms with Gasteiger partial charge in [-0.1, -0.05) is 12.0 Å². The van der Waals surface area contributed by atoms with Crippen molar-refractivity contribution >= 4 is 6.02 Å². The Bertz CT molecular complexity index is 1600. The molecular weight excluding hydrogens is 445 g/mol. The Morgan fingerprint density at radius 3 is 2.63 bits per heavy atom. The third-order valence-electron chi connectivity index (χ3n) is 6.24. The summed E-state index contributed by atoms with van der Waals surface area (Å²) in [7, 11) is 1.81. The number of hydrogen-bond acceptors (Lipinski definition) is 6. The normalized spacial score (nSPS) is 17.5. The van der Waals surface area contributed by atoms with E-state index in [1.54, 1.807) is 30.2 Å². The van der Waals surface area contributed by atoms with Crippen LogP contribution in [-0.2, 0) is 17.3 Å². The van der Waals surface area contributed by atoms with Crippen LogP contribution in [0.15, 0.2) is 66.2 Å². The molecule has 4 heterocycles. The van der Waals surface area contributed by atoms with E-state index in [0.29, 0.717) is 16.9 Å². The molecule has 4 aromatic rings. The molecule has 0 bridgehead atoms. The predicted octanol–water partition coefficient (Wildman–Crippen LogP) is 4.35. The average molecular weight is 465 g/mol. The lowest BCUT2D eigenvalue weighted by Gasteiger charge is -2.34. The monoisotopic (exact) mass is 465 g/mol. The number of nitrogens with two attached hydrogens (primary N) is 1. The second-order valence-electron chi connectivity index (χ2n) is 8.49. The number of amidine groups is 1. The summed E-state index contributed by atoms with van der Waals surface area (Å²) < 4.78 is 28.8. The molecule has 0 aliphatic carbocycles. The fourth-order valence-electron chi connectivity index (χ4n) is 4.64. The van der Waals surface area contributed by atoms with Gasteiger partial charge in [-0.3, -0.25) is 9.67 Å². The number of halogens is 1. The molecule has 0 radical (unpaired) electrons. The number of aromatic nitrogens is 3. The molecule has 2 aliphatic heterocycles. The largest absolute Gasteiger partial charge is 0.462 e. The Labute approximate surface area is 201 Å². The number of hydrogen-bond donors (Lipinski definition) is 1. The van der Waals surface area contributed by atoms with Gasteiger partial charge in [0.2, 0.25) is 0 Å². The minimum Gasteiger partial charge on any atom is -0.462 e. The number of rotatable bonds is 2. The Morgan fingerprint density at radius 2 is 1.89 bits per heavy atom. The van der Waals surface area contributed by atoms with Crippen molar-refractivity contribution < 1.29 is 13.9 Å². The van der Waals surface area contributed by atoms with Gasteiger partial charge >= 0.3 is 0 Å². The first-order valence-electron chi connectivity index (χ1n) is 11.0. The minimum atomic E-state index is -1.06. The number of benzene rings is 2. The van der Waals surface area contributed by atoms with Crippen molar-refractivity contribution in [2.45, 2.75) is 12.5 Å². The van der Waals surface area contributed by atoms with Crippen LogP contribution in [0.5, 0.6) is 11.5 Å². The molecule has 1 spiro atoms. The number of fused-ring (bicyclic) bond motifs is 4. The maximum Gasteiger partial charge on any atom is 0.283 e. The molecule has 7 nitrogen and oxygen atoms in total. The summed E-state index contributed by atoms with van der Waals surface area (Å²) in [5.74, 6) is 6.04. The second kappa shape index (κ2) is 7.71. The first kappa shape index (κ1) is 20.9. The van der Waals surface area contributed by atoms with Crippen LogP contribution in [-0.4, -0.2) is 27.4 Å². The van der Waals surface area contributed by atoms with Crippen LogP contribution >= 0.6 is 0 Å². The molecule has 0 fully saturated rings. The smallest absolute Gasteiger partial charge is 0.283 e. The number of aryl methyl sites for hydroxylation is 1. The van der Waals surface area contributed by atoms with E-state index in [2.05, 4.69) is 21.9 Å². The minimum absolute atomic E-state index is 0.0447. The van der Waals surface area contributed by atoms with Gasteiger partial charge in [-0.05, 0) is 48.4 Å². The molecule has 172 valence electrons. The fourth-order valence-corrected chi connectivity index (χ4v) is 4.64. The lowest BCUT2D eigenvalue weighted by Crippen LogP contribution is -2.31. The third-order valence-corrected chi connectivity index (χ3v) is 6.24. The highest BCUT2D eigenvalue weighted by molar-refractivity contribution is 5.79. The van der Waals surface area contributed by atoms with Gasteiger partial charge in [0, 0.05) is 53.5 Å². The number of nitrogens with zero attached hydrogens (tertiary/aromatic N) is 4. The van der Waals surface area contributed by atoms with Gasteiger partial charge in [-0.25, -0.2) is 9.38 Å². The van der Waals surface area contributed by atoms with E-state index in [1.165, 1.54) is 6.07 Å². The quantitative estimate of drug-likeness (QED) is 0.445. The van der Waals surface area contributed by atoms with E-state index in [9.17, 15) is 0 Å². The molecule has 2 aromatic heterocycles. The zero-order valence-corrected chi connectivity index (χ0v) is 19.0. The average Bonchev–Trinajstić information content (AvgIpc) is 3.46. The molecule has 1 unspecified atom stereocenters. The molecule has 0 saturated heterocycles. The van der Waals surface area contributed by atoms with Crippen molar-refractivity contribution in [1.82, 2.24) is 14.8 Å². The van der Waals surface area contributed by atoms with Gasteiger partial charge in [0.1, 0.15) is 12.4 Å². The van der Waals surface area contributed by atoms with Gasteiger partial charge < -0.3 is 15.2 Å². The summed E-state index contributed by atoms with van der Waals surface area (Å²) in [5.41, 5.74) is 10.3. The predicted molar refractivity (Wildman–Crippen MR) is 129 cm³/mol. The van der Waals surface area contributed by atoms with E-state index >= 15 is 4.39 Å². The highest BCUT2D eigenvalue weighted by Crippen LogP contribution is 2.53. The van der Waals surface area contributed by atoms with Crippen molar-refractivity contribution in [1.29, 1.82) is 0 Å². The Kier molecular flexibility index (Phi) is 4.61. The van der Waals surface area contributed by atoms with E-state index < -0.39 is 11.4 Å². The van der Waals surface area contributed by atoms with Crippen LogP contribution < -0.4 is 10.5 Å². The molecule has 35 heavy (non-hydrogen) atoms. The molecule has 2 N–H and O–H groups in total. The lowest BCUT2D eigenvalue weighted by atomic mass is 9.79. The van der Waals surface area contributed by atoms with Crippen LogP contribution in [0.2, 0.25) is 0 Å². The first-order valence-corrected chi connectivity index (χ1v) is 11.0. The van der Waals surface area contributed by atoms with E-state index in [1.807, 2.05) is 43.6 Å². The zero-order valence-electron chi connectivity index (χ0n) is 19.0. The van der Waals surface area contributed by atoms with Crippen LogP contribution in [0.25, 0.3) is 22.3 Å². The number of pyridine rings is 1. The molecule has 2 aliphatic rings. The van der Waals surface area contributed by atoms with Gasteiger partial charge in [-0.15, -0.1) is 5.92 Å². The maximum absolute atomic E-state index is 15.4. The van der Waals surface area contributed by atoms with Gasteiger partial charge in [0.25, 0.3) is 6.02 Å². The van der Waals surface area contributed by atoms with Crippen molar-refractivity contribution in [3.8, 4) is 45.6 Å². The lowest BCUT2D eigenvalue weighted by molar-refractivity contribution is 0.262. The summed E-state index contributed by atoms with van der Waals surface area (Å²) >= 11 is 0. The fraction of sp³-hybridized carbons (Fsp3) is 0.148. The summed E-state index contributed by atoms with van der Waals surface area (Å²) in [5, 5.41) is 4.21. The molecule has 8 heteroatoms. The summed E-state index contributed by atoms with van der Waals surface area (Å²) in [6.45, 7) is 1.91. The first-order chi connectivity index (χ1) is 17.0. The summed E-state index contributed by atoms with van der Waals surface area (Å²) in [6.07, 6.45) is 7.00. The standard InChI is InChI=1S/C27H20FN5O2/c1-3-4-16-7-19(12-30-11-16)17-5-6-24-21(8-17)27(15-34-26(29)32-27)22-9-18(10-23(28)25(22)35-24)20-13-31-33(2)14-20/h5-14H,15H2,1-2H3,(H2,29,32). The maximum atomic E-state index is 15.4. The van der Waals surface area contributed by atoms with Crippen molar-refractivity contribution in [2.24, 2.45) is 17.8 Å². The molecular formula is C27H20FN5O2. The van der Waals surface area contributed by atoms with Gasteiger partial charge in [-0.2, -0.15) is 5.10 Å². The van der Waals surface area contributed by atoms with Crippen LogP contribution in [0, 0.1) is 17.7 Å². The van der Waals surface area contributed by atoms with Gasteiger partial charge in [0.15, 0.2) is 17.1 Å². The summed E-state index contributed by atoms with van der Waals surface area (Å²) in [6, 6.07) is 11.0. The number of aliphatic imine (C=N–C) groups is 1. The molecule has 1 atom stereocenters. The van der Waals surface area contributed by atoms with E-state index in [4.69, 9.17) is 20.2 Å². The molecule has 0 saturated carbocycles. The topological polar surface area (TPSA) is 87.5 Å². The highest BCUT2D eigenvalue weighted by Gasteiger charge is 2.48. The van der Waals surface area contributed by atoms with Gasteiger partial charge in [0.05, 0.1) is 6.20 Å². The molecule has 6 rings (SSSR count). The van der Waals surface area contributed by atoms with Crippen molar-refractivity contribution in [3.05, 3.63) is 83.7 Å². The van der Waals surface area contributed by atoms with Crippen LogP contribution in [0.4, 0.5) is 4.39 Å². The van der Waals surface area contributed by atoms with Crippen molar-refractivity contribution in [3.63, 3.8) is 0 Å². The Morgan fingerprint density at radius 1 is 1.03 bits per heavy atom. The highest BCUT2D eigenvalue weighted by atomic mass is 19.1. The molecule has 2 aromatic carbocycles. The Hall–Kier alpha value is -4.64. The number of ether oxygens (including phenoxy) is 2. The SMILES string of the molecule is CC#Cc1cncc(-c2ccc3c(c2)C2(COC(N)=N2)c2cc(-c4cnn(C)c4)cc(F)c2O3)c1. The zero-order chi connectivity index (χ0) is 24.2.